The molecule has 8 atom stereocenters. The lowest BCUT2D eigenvalue weighted by Crippen LogP contribution is -2.51. The van der Waals surface area contributed by atoms with E-state index >= 15 is 0 Å². The molecule has 194 valence electrons. The number of fused-ring (bicyclic) bond motifs is 5. The van der Waals surface area contributed by atoms with Crippen LogP contribution in [0.2, 0.25) is 0 Å². The summed E-state index contributed by atoms with van der Waals surface area (Å²) in [6, 6.07) is 8.10. The van der Waals surface area contributed by atoms with Crippen molar-refractivity contribution in [3.63, 3.8) is 0 Å². The van der Waals surface area contributed by atoms with Gasteiger partial charge < -0.3 is 9.84 Å². The Bertz CT molecular complexity index is 1090. The summed E-state index contributed by atoms with van der Waals surface area (Å²) in [6.45, 7) is 6.68. The highest BCUT2D eigenvalue weighted by Gasteiger charge is 2.59. The average Bonchev–Trinajstić information content (AvgIpc) is 3.46. The van der Waals surface area contributed by atoms with E-state index < -0.39 is 0 Å². The van der Waals surface area contributed by atoms with E-state index in [1.54, 1.807) is 24.6 Å². The average molecular weight is 491 g/mol. The van der Waals surface area contributed by atoms with Crippen molar-refractivity contribution in [1.29, 1.82) is 0 Å². The van der Waals surface area contributed by atoms with E-state index in [1.165, 1.54) is 37.8 Å². The van der Waals surface area contributed by atoms with Crippen LogP contribution in [0.15, 0.2) is 41.0 Å². The number of hydrogen-bond acceptors (Lipinski definition) is 4. The van der Waals surface area contributed by atoms with Gasteiger partial charge in [-0.05, 0) is 97.6 Å². The van der Waals surface area contributed by atoms with E-state index in [9.17, 15) is 9.90 Å². The number of rotatable bonds is 3. The fourth-order valence-corrected chi connectivity index (χ4v) is 9.31. The number of carbonyl (C=O) groups is 1. The number of ether oxygens (including phenoxy) is 1. The summed E-state index contributed by atoms with van der Waals surface area (Å²) in [5.41, 5.74) is 4.45. The number of nitrogens with zero attached hydrogens (tertiary/aromatic N) is 2. The summed E-state index contributed by atoms with van der Waals surface area (Å²) in [7, 11) is 1.68. The topological polar surface area (TPSA) is 62.1 Å². The molecule has 1 N–H and O–H groups in total. The Morgan fingerprint density at radius 1 is 1.06 bits per heavy atom. The molecule has 1 amide bonds. The number of methoxy groups -OCH3 is 1. The Morgan fingerprint density at radius 2 is 1.83 bits per heavy atom. The van der Waals surface area contributed by atoms with Crippen molar-refractivity contribution in [2.24, 2.45) is 39.6 Å². The highest BCUT2D eigenvalue weighted by Crippen LogP contribution is 2.66. The Balaban J connectivity index is 1.26. The minimum atomic E-state index is -0.145. The van der Waals surface area contributed by atoms with Crippen molar-refractivity contribution in [2.45, 2.75) is 90.7 Å². The van der Waals surface area contributed by atoms with Crippen LogP contribution >= 0.6 is 0 Å². The summed E-state index contributed by atoms with van der Waals surface area (Å²) < 4.78 is 5.34. The van der Waals surface area contributed by atoms with Crippen molar-refractivity contribution in [3.8, 4) is 5.75 Å². The smallest absolute Gasteiger partial charge is 0.240 e. The molecule has 0 bridgehead atoms. The number of benzene rings is 1. The third-order valence-corrected chi connectivity index (χ3v) is 11.2. The number of aliphatic hydroxyl groups excluding tert-OH is 1. The van der Waals surface area contributed by atoms with Crippen LogP contribution < -0.4 is 4.74 Å². The molecular formula is C31H42N2O3. The van der Waals surface area contributed by atoms with Crippen molar-refractivity contribution in [2.75, 3.05) is 7.11 Å². The van der Waals surface area contributed by atoms with Crippen LogP contribution in [0.4, 0.5) is 0 Å². The Morgan fingerprint density at radius 3 is 2.56 bits per heavy atom. The highest BCUT2D eigenvalue weighted by atomic mass is 16.5. The molecule has 1 aliphatic heterocycles. The zero-order valence-corrected chi connectivity index (χ0v) is 22.4. The zero-order valence-electron chi connectivity index (χ0n) is 22.4. The lowest BCUT2D eigenvalue weighted by molar-refractivity contribution is -0.130. The van der Waals surface area contributed by atoms with Gasteiger partial charge in [-0.25, -0.2) is 5.01 Å². The van der Waals surface area contributed by atoms with Crippen molar-refractivity contribution in [3.05, 3.63) is 41.5 Å². The summed E-state index contributed by atoms with van der Waals surface area (Å²) in [4.78, 5) is 12.6. The second-order valence-electron chi connectivity index (χ2n) is 12.8. The Labute approximate surface area is 216 Å². The monoisotopic (exact) mass is 490 g/mol. The molecule has 3 fully saturated rings. The van der Waals surface area contributed by atoms with Gasteiger partial charge in [0.1, 0.15) is 5.75 Å². The molecule has 5 nitrogen and oxygen atoms in total. The molecule has 5 aliphatic rings. The van der Waals surface area contributed by atoms with Crippen LogP contribution in [0.3, 0.4) is 0 Å². The van der Waals surface area contributed by atoms with Crippen LogP contribution in [0.1, 0.15) is 90.2 Å². The van der Waals surface area contributed by atoms with Gasteiger partial charge in [0.25, 0.3) is 0 Å². The number of amides is 1. The normalized spacial score (nSPS) is 41.6. The summed E-state index contributed by atoms with van der Waals surface area (Å²) in [6.07, 6.45) is 12.4. The van der Waals surface area contributed by atoms with Crippen molar-refractivity contribution in [1.82, 2.24) is 5.01 Å². The molecule has 0 saturated heterocycles. The molecule has 36 heavy (non-hydrogen) atoms. The quantitative estimate of drug-likeness (QED) is 0.507. The first-order valence-electron chi connectivity index (χ1n) is 14.1. The van der Waals surface area contributed by atoms with Crippen LogP contribution in [0.5, 0.6) is 5.75 Å². The second kappa shape index (κ2) is 8.72. The number of carbonyl (C=O) groups excluding carboxylic acids is 1. The molecule has 0 spiro atoms. The molecule has 1 aromatic rings. The van der Waals surface area contributed by atoms with Crippen molar-refractivity contribution >= 4 is 11.6 Å². The Hall–Kier alpha value is -2.14. The molecule has 1 aromatic carbocycles. The fraction of sp³-hybridized carbons (Fsp3) is 0.677. The fourth-order valence-electron chi connectivity index (χ4n) is 9.31. The first kappa shape index (κ1) is 24.2. The first-order chi connectivity index (χ1) is 17.2. The maximum Gasteiger partial charge on any atom is 0.240 e. The second-order valence-corrected chi connectivity index (χ2v) is 12.8. The molecule has 5 heteroatoms. The van der Waals surface area contributed by atoms with Gasteiger partial charge in [0.05, 0.1) is 19.3 Å². The summed E-state index contributed by atoms with van der Waals surface area (Å²) >= 11 is 0. The van der Waals surface area contributed by atoms with Crippen LogP contribution in [-0.2, 0) is 4.79 Å². The van der Waals surface area contributed by atoms with Gasteiger partial charge >= 0.3 is 0 Å². The van der Waals surface area contributed by atoms with Gasteiger partial charge in [0.15, 0.2) is 0 Å². The zero-order chi connectivity index (χ0) is 25.2. The van der Waals surface area contributed by atoms with E-state index in [1.807, 2.05) is 12.1 Å². The molecule has 0 radical (unpaired) electrons. The molecular weight excluding hydrogens is 448 g/mol. The SMILES string of the molecule is COc1ccc([C@@H]2CC([C@H]3CC[C@H]4[C@@H]5CC=C6C[C@@H](O)CC[C@]6(C)[C@H]5CC[C@]34C)=NN2C(C)=O)cc1. The number of allylic oxidation sites excluding steroid dienone is 1. The van der Waals surface area contributed by atoms with Gasteiger partial charge in [-0.1, -0.05) is 37.6 Å². The Kier molecular flexibility index (Phi) is 5.86. The molecule has 0 aromatic heterocycles. The van der Waals surface area contributed by atoms with Gasteiger partial charge in [0, 0.05) is 25.0 Å². The molecule has 3 saturated carbocycles. The third-order valence-electron chi connectivity index (χ3n) is 11.2. The van der Waals surface area contributed by atoms with Gasteiger partial charge in [-0.3, -0.25) is 4.79 Å². The minimum Gasteiger partial charge on any atom is -0.497 e. The lowest BCUT2D eigenvalue weighted by atomic mass is 9.47. The maximum absolute atomic E-state index is 12.6. The lowest BCUT2D eigenvalue weighted by Gasteiger charge is -2.58. The van der Waals surface area contributed by atoms with Gasteiger partial charge in [-0.2, -0.15) is 5.10 Å². The standard InChI is InChI=1S/C31H42N2O3/c1-19(34)33-29(20-5-8-23(36-4)9-6-20)18-28(32-33)27-12-11-25-24-10-7-21-17-22(35)13-15-30(21,2)26(24)14-16-31(25,27)3/h5-9,22,24-27,29,35H,10-18H2,1-4H3/t22-,24-,25-,26-,27+,29-,30-,31-/m0/s1. The molecule has 0 unspecified atom stereocenters. The maximum atomic E-state index is 12.6. The predicted octanol–water partition coefficient (Wildman–Crippen LogP) is 6.28. The highest BCUT2D eigenvalue weighted by molar-refractivity contribution is 5.92. The van der Waals surface area contributed by atoms with Crippen LogP contribution in [0.25, 0.3) is 0 Å². The van der Waals surface area contributed by atoms with Gasteiger partial charge in [0.2, 0.25) is 5.91 Å². The van der Waals surface area contributed by atoms with Gasteiger partial charge in [-0.15, -0.1) is 0 Å². The largest absolute Gasteiger partial charge is 0.497 e. The van der Waals surface area contributed by atoms with E-state index in [2.05, 4.69) is 32.1 Å². The molecule has 4 aliphatic carbocycles. The van der Waals surface area contributed by atoms with E-state index in [0.717, 1.165) is 54.7 Å². The number of hydrogen-bond donors (Lipinski definition) is 1. The molecule has 1 heterocycles. The van der Waals surface area contributed by atoms with Crippen molar-refractivity contribution < 1.29 is 14.6 Å². The first-order valence-corrected chi connectivity index (χ1v) is 14.1. The van der Waals surface area contributed by atoms with Crippen LogP contribution in [0, 0.1) is 34.5 Å². The summed E-state index contributed by atoms with van der Waals surface area (Å²) in [5, 5.41) is 17.1. The van der Waals surface area contributed by atoms with E-state index in [-0.39, 0.29) is 28.9 Å². The van der Waals surface area contributed by atoms with Crippen LogP contribution in [-0.4, -0.2) is 34.9 Å². The van der Waals surface area contributed by atoms with E-state index in [4.69, 9.17) is 9.84 Å². The predicted molar refractivity (Wildman–Crippen MR) is 142 cm³/mol. The minimum absolute atomic E-state index is 0.0184. The molecule has 6 rings (SSSR count). The number of aliphatic hydroxyl groups is 1. The summed E-state index contributed by atoms with van der Waals surface area (Å²) in [5.74, 6) is 3.51. The van der Waals surface area contributed by atoms with E-state index in [0.29, 0.717) is 5.92 Å². The third kappa shape index (κ3) is 3.60. The number of hydrazone groups is 1.